The van der Waals surface area contributed by atoms with Crippen LogP contribution in [0.2, 0.25) is 0 Å². The lowest BCUT2D eigenvalue weighted by Gasteiger charge is -2.02. The number of rotatable bonds is 5. The average molecular weight is 319 g/mol. The van der Waals surface area contributed by atoms with Crippen molar-refractivity contribution in [3.8, 4) is 0 Å². The van der Waals surface area contributed by atoms with Gasteiger partial charge in [0.05, 0.1) is 10.8 Å². The third kappa shape index (κ3) is 3.25. The Morgan fingerprint density at radius 3 is 2.86 bits per heavy atom. The molecule has 0 N–H and O–H groups in total. The molecule has 0 aliphatic carbocycles. The number of thiazole rings is 1. The lowest BCUT2D eigenvalue weighted by molar-refractivity contribution is 0.374. The first-order chi connectivity index (χ1) is 10.2. The van der Waals surface area contributed by atoms with E-state index in [-0.39, 0.29) is 5.25 Å². The van der Waals surface area contributed by atoms with Gasteiger partial charge in [0.15, 0.2) is 10.2 Å². The molecule has 0 aliphatic heterocycles. The maximum absolute atomic E-state index is 12.3. The van der Waals surface area contributed by atoms with Crippen molar-refractivity contribution in [3.05, 3.63) is 59.2 Å². The van der Waals surface area contributed by atoms with E-state index in [0.717, 1.165) is 5.56 Å². The molecule has 0 unspecified atom stereocenters. The van der Waals surface area contributed by atoms with Gasteiger partial charge in [0.2, 0.25) is 5.89 Å². The van der Waals surface area contributed by atoms with Crippen molar-refractivity contribution in [2.75, 3.05) is 0 Å². The van der Waals surface area contributed by atoms with Gasteiger partial charge in [0.25, 0.3) is 0 Å². The molecule has 3 rings (SSSR count). The minimum atomic E-state index is -1.27. The van der Waals surface area contributed by atoms with Crippen LogP contribution in [0.15, 0.2) is 50.8 Å². The summed E-state index contributed by atoms with van der Waals surface area (Å²) in [6, 6.07) is 9.91. The van der Waals surface area contributed by atoms with Crippen LogP contribution in [-0.2, 0) is 17.2 Å². The molecular formula is C14H13N3O2S2. The molecule has 108 valence electrons. The Labute approximate surface area is 128 Å². The first kappa shape index (κ1) is 14.1. The quantitative estimate of drug-likeness (QED) is 0.723. The van der Waals surface area contributed by atoms with Crippen LogP contribution in [-0.4, -0.2) is 19.3 Å². The van der Waals surface area contributed by atoms with Gasteiger partial charge < -0.3 is 4.52 Å². The number of aromatic nitrogens is 3. The molecule has 0 radical (unpaired) electrons. The zero-order chi connectivity index (χ0) is 14.7. The van der Waals surface area contributed by atoms with Gasteiger partial charge in [-0.15, -0.1) is 11.3 Å². The molecular weight excluding hydrogens is 306 g/mol. The van der Waals surface area contributed by atoms with Crippen LogP contribution in [0.5, 0.6) is 0 Å². The minimum Gasteiger partial charge on any atom is -0.338 e. The predicted octanol–water partition coefficient (Wildman–Crippen LogP) is 2.99. The molecule has 1 aromatic carbocycles. The van der Waals surface area contributed by atoms with E-state index in [2.05, 4.69) is 15.1 Å². The summed E-state index contributed by atoms with van der Waals surface area (Å²) in [5, 5.41) is 5.39. The molecule has 2 atom stereocenters. The van der Waals surface area contributed by atoms with Crippen molar-refractivity contribution in [3.63, 3.8) is 0 Å². The van der Waals surface area contributed by atoms with E-state index in [1.807, 2.05) is 30.3 Å². The molecule has 7 heteroatoms. The number of hydrogen-bond acceptors (Lipinski definition) is 6. The van der Waals surface area contributed by atoms with Gasteiger partial charge in [-0.25, -0.2) is 4.98 Å². The molecule has 0 aliphatic rings. The van der Waals surface area contributed by atoms with E-state index in [1.165, 1.54) is 11.3 Å². The van der Waals surface area contributed by atoms with E-state index in [0.29, 0.717) is 22.5 Å². The SMILES string of the molecule is C[C@@H](c1nc(Cc2ccccc2)no1)[S@@](=O)c1nccs1. The monoisotopic (exact) mass is 319 g/mol. The summed E-state index contributed by atoms with van der Waals surface area (Å²) >= 11 is 1.36. The Morgan fingerprint density at radius 1 is 1.33 bits per heavy atom. The van der Waals surface area contributed by atoms with Crippen molar-refractivity contribution in [2.24, 2.45) is 0 Å². The second-order valence-corrected chi connectivity index (χ2v) is 7.29. The van der Waals surface area contributed by atoms with Crippen LogP contribution in [0, 0.1) is 0 Å². The fourth-order valence-electron chi connectivity index (χ4n) is 1.84. The van der Waals surface area contributed by atoms with Gasteiger partial charge in [0, 0.05) is 18.0 Å². The Hall–Kier alpha value is -1.86. The number of benzene rings is 1. The van der Waals surface area contributed by atoms with Gasteiger partial charge in [-0.3, -0.25) is 4.21 Å². The molecule has 5 nitrogen and oxygen atoms in total. The first-order valence-corrected chi connectivity index (χ1v) is 8.50. The molecule has 0 spiro atoms. The molecule has 0 saturated heterocycles. The van der Waals surface area contributed by atoms with Crippen LogP contribution >= 0.6 is 11.3 Å². The first-order valence-electron chi connectivity index (χ1n) is 6.40. The summed E-state index contributed by atoms with van der Waals surface area (Å²) in [5.74, 6) is 0.980. The Kier molecular flexibility index (Phi) is 4.21. The Balaban J connectivity index is 1.74. The van der Waals surface area contributed by atoms with E-state index in [4.69, 9.17) is 4.52 Å². The lowest BCUT2D eigenvalue weighted by Crippen LogP contribution is -2.03. The van der Waals surface area contributed by atoms with Gasteiger partial charge >= 0.3 is 0 Å². The molecule has 0 bridgehead atoms. The number of hydrogen-bond donors (Lipinski definition) is 0. The largest absolute Gasteiger partial charge is 0.338 e. The van der Waals surface area contributed by atoms with Gasteiger partial charge in [-0.1, -0.05) is 35.5 Å². The van der Waals surface area contributed by atoms with Crippen LogP contribution in [0.3, 0.4) is 0 Å². The molecule has 21 heavy (non-hydrogen) atoms. The maximum atomic E-state index is 12.3. The zero-order valence-electron chi connectivity index (χ0n) is 11.3. The smallest absolute Gasteiger partial charge is 0.242 e. The standard InChI is InChI=1S/C14H13N3O2S2/c1-10(21(18)14-15-7-8-20-14)13-16-12(17-19-13)9-11-5-3-2-4-6-11/h2-8,10H,9H2,1H3/t10-,21+/m0/s1. The van der Waals surface area contributed by atoms with E-state index >= 15 is 0 Å². The molecule has 3 aromatic rings. The maximum Gasteiger partial charge on any atom is 0.242 e. The zero-order valence-corrected chi connectivity index (χ0v) is 12.9. The van der Waals surface area contributed by atoms with Crippen molar-refractivity contribution >= 4 is 22.1 Å². The van der Waals surface area contributed by atoms with E-state index in [9.17, 15) is 4.21 Å². The molecule has 0 amide bonds. The second-order valence-electron chi connectivity index (χ2n) is 4.45. The summed E-state index contributed by atoms with van der Waals surface area (Å²) in [6.07, 6.45) is 2.24. The molecule has 2 aromatic heterocycles. The average Bonchev–Trinajstić information content (AvgIpc) is 3.18. The minimum absolute atomic E-state index is 0.367. The van der Waals surface area contributed by atoms with Crippen LogP contribution in [0.25, 0.3) is 0 Å². The Bertz CT molecular complexity index is 726. The highest BCUT2D eigenvalue weighted by Crippen LogP contribution is 2.24. The normalized spacial score (nSPS) is 14.0. The second kappa shape index (κ2) is 6.28. The highest BCUT2D eigenvalue weighted by molar-refractivity contribution is 7.87. The topological polar surface area (TPSA) is 68.9 Å². The summed E-state index contributed by atoms with van der Waals surface area (Å²) in [5.41, 5.74) is 1.11. The summed E-state index contributed by atoms with van der Waals surface area (Å²) in [6.45, 7) is 1.80. The third-order valence-corrected chi connectivity index (χ3v) is 5.58. The summed E-state index contributed by atoms with van der Waals surface area (Å²) in [4.78, 5) is 8.41. The predicted molar refractivity (Wildman–Crippen MR) is 80.5 cm³/mol. The summed E-state index contributed by atoms with van der Waals surface area (Å²) < 4.78 is 18.1. The van der Waals surface area contributed by atoms with Gasteiger partial charge in [0.1, 0.15) is 5.25 Å². The van der Waals surface area contributed by atoms with Crippen molar-refractivity contribution in [1.82, 2.24) is 15.1 Å². The van der Waals surface area contributed by atoms with Crippen molar-refractivity contribution in [2.45, 2.75) is 22.9 Å². The van der Waals surface area contributed by atoms with Crippen molar-refractivity contribution in [1.29, 1.82) is 0 Å². The summed E-state index contributed by atoms with van der Waals surface area (Å²) in [7, 11) is -1.27. The fourth-order valence-corrected chi connectivity index (χ4v) is 3.92. The van der Waals surface area contributed by atoms with Crippen molar-refractivity contribution < 1.29 is 8.73 Å². The van der Waals surface area contributed by atoms with Gasteiger partial charge in [-0.2, -0.15) is 4.98 Å². The van der Waals surface area contributed by atoms with E-state index in [1.54, 1.807) is 18.5 Å². The fraction of sp³-hybridized carbons (Fsp3) is 0.214. The highest BCUT2D eigenvalue weighted by Gasteiger charge is 2.23. The third-order valence-electron chi connectivity index (χ3n) is 2.94. The highest BCUT2D eigenvalue weighted by atomic mass is 32.2. The lowest BCUT2D eigenvalue weighted by atomic mass is 10.1. The number of nitrogens with zero attached hydrogens (tertiary/aromatic N) is 3. The van der Waals surface area contributed by atoms with Crippen LogP contribution in [0.1, 0.15) is 29.5 Å². The Morgan fingerprint density at radius 2 is 2.14 bits per heavy atom. The van der Waals surface area contributed by atoms with Gasteiger partial charge in [-0.05, 0) is 12.5 Å². The molecule has 0 fully saturated rings. The molecule has 0 saturated carbocycles. The van der Waals surface area contributed by atoms with Crippen LogP contribution < -0.4 is 0 Å². The van der Waals surface area contributed by atoms with Crippen LogP contribution in [0.4, 0.5) is 0 Å². The molecule has 2 heterocycles. The van der Waals surface area contributed by atoms with E-state index < -0.39 is 10.8 Å².